The Labute approximate surface area is 129 Å². The van der Waals surface area contributed by atoms with Gasteiger partial charge in [-0.25, -0.2) is 0 Å². The fourth-order valence-electron chi connectivity index (χ4n) is 2.41. The maximum absolute atomic E-state index is 11.1. The van der Waals surface area contributed by atoms with Crippen molar-refractivity contribution in [2.24, 2.45) is 0 Å². The van der Waals surface area contributed by atoms with E-state index in [1.165, 1.54) is 6.92 Å². The van der Waals surface area contributed by atoms with E-state index >= 15 is 0 Å². The number of hydrogen-bond donors (Lipinski definition) is 2. The highest BCUT2D eigenvalue weighted by Gasteiger charge is 2.15. The number of anilines is 1. The predicted molar refractivity (Wildman–Crippen MR) is 84.2 cm³/mol. The number of carbonyl (C=O) groups is 1. The van der Waals surface area contributed by atoms with E-state index in [1.54, 1.807) is 0 Å². The summed E-state index contributed by atoms with van der Waals surface area (Å²) in [5.41, 5.74) is 2.66. The highest BCUT2D eigenvalue weighted by Crippen LogP contribution is 2.17. The molecular weight excluding hydrogens is 304 g/mol. The summed E-state index contributed by atoms with van der Waals surface area (Å²) in [5, 5.41) is 3.68. The Balaban J connectivity index is 2.32. The molecule has 0 aliphatic heterocycles. The molecule has 2 aromatic rings. The van der Waals surface area contributed by atoms with Gasteiger partial charge in [0.1, 0.15) is 6.54 Å². The first-order valence-corrected chi connectivity index (χ1v) is 8.53. The molecular formula is C15H19N2O4S+. The lowest BCUT2D eigenvalue weighted by Crippen LogP contribution is -2.38. The first kappa shape index (κ1) is 16.4. The molecule has 22 heavy (non-hydrogen) atoms. The molecule has 0 bridgehead atoms. The number of carbonyl (C=O) groups excluding carboxylic acids is 1. The van der Waals surface area contributed by atoms with Crippen molar-refractivity contribution in [2.45, 2.75) is 26.8 Å². The molecule has 0 aliphatic carbocycles. The monoisotopic (exact) mass is 323 g/mol. The van der Waals surface area contributed by atoms with E-state index in [1.807, 2.05) is 41.8 Å². The normalized spacial score (nSPS) is 11.6. The molecule has 0 spiro atoms. The van der Waals surface area contributed by atoms with Crippen LogP contribution in [0.15, 0.2) is 30.3 Å². The van der Waals surface area contributed by atoms with E-state index in [2.05, 4.69) is 5.32 Å². The molecule has 1 aromatic heterocycles. The van der Waals surface area contributed by atoms with E-state index in [9.17, 15) is 13.2 Å². The summed E-state index contributed by atoms with van der Waals surface area (Å²) in [7, 11) is -3.94. The van der Waals surface area contributed by atoms with Gasteiger partial charge in [-0.2, -0.15) is 13.0 Å². The minimum atomic E-state index is -3.94. The number of rotatable bonds is 5. The van der Waals surface area contributed by atoms with Crippen LogP contribution in [0.5, 0.6) is 0 Å². The third-order valence-electron chi connectivity index (χ3n) is 3.35. The van der Waals surface area contributed by atoms with Gasteiger partial charge in [-0.15, -0.1) is 0 Å². The molecule has 2 N–H and O–H groups in total. The van der Waals surface area contributed by atoms with Crippen molar-refractivity contribution in [2.75, 3.05) is 11.1 Å². The molecule has 0 radical (unpaired) electrons. The summed E-state index contributed by atoms with van der Waals surface area (Å²) in [6.07, 6.45) is 0.330. The fourth-order valence-corrected chi connectivity index (χ4v) is 2.90. The Morgan fingerprint density at radius 1 is 1.27 bits per heavy atom. The summed E-state index contributed by atoms with van der Waals surface area (Å²) in [4.78, 5) is 11.1. The largest absolute Gasteiger partial charge is 0.326 e. The summed E-state index contributed by atoms with van der Waals surface area (Å²) >= 11 is 0. The van der Waals surface area contributed by atoms with E-state index < -0.39 is 10.1 Å². The van der Waals surface area contributed by atoms with Crippen LogP contribution in [0.2, 0.25) is 0 Å². The van der Waals surface area contributed by atoms with Crippen LogP contribution in [-0.2, 0) is 21.5 Å². The number of benzene rings is 1. The van der Waals surface area contributed by atoms with Crippen molar-refractivity contribution in [1.29, 1.82) is 0 Å². The van der Waals surface area contributed by atoms with Crippen molar-refractivity contribution in [3.63, 3.8) is 0 Å². The zero-order chi connectivity index (χ0) is 16.3. The number of nitrogens with one attached hydrogen (secondary N) is 1. The fraction of sp³-hybridized carbons (Fsp3) is 0.333. The third kappa shape index (κ3) is 4.25. The minimum Gasteiger partial charge on any atom is -0.326 e. The van der Waals surface area contributed by atoms with E-state index in [0.717, 1.165) is 16.6 Å². The van der Waals surface area contributed by atoms with Gasteiger partial charge in [-0.05, 0) is 18.2 Å². The maximum atomic E-state index is 11.1. The second kappa shape index (κ2) is 6.41. The summed E-state index contributed by atoms with van der Waals surface area (Å²) in [6, 6.07) is 9.46. The third-order valence-corrected chi connectivity index (χ3v) is 4.16. The number of pyridine rings is 1. The molecule has 1 aromatic carbocycles. The Morgan fingerprint density at radius 2 is 2.00 bits per heavy atom. The van der Waals surface area contributed by atoms with Crippen LogP contribution in [0.3, 0.4) is 0 Å². The molecule has 0 unspecified atom stereocenters. The zero-order valence-corrected chi connectivity index (χ0v) is 13.4. The SMILES string of the molecule is CC(=O)Nc1ccc2c(ccc(C)[n+]2CCCS(=O)(=O)O)c1. The first-order chi connectivity index (χ1) is 10.3. The summed E-state index contributed by atoms with van der Waals surface area (Å²) < 4.78 is 32.5. The molecule has 7 heteroatoms. The number of amides is 1. The van der Waals surface area contributed by atoms with E-state index in [4.69, 9.17) is 4.55 Å². The molecule has 1 amide bonds. The lowest BCUT2D eigenvalue weighted by atomic mass is 10.1. The smallest absolute Gasteiger partial charge is 0.265 e. The van der Waals surface area contributed by atoms with Crippen LogP contribution in [0.25, 0.3) is 10.9 Å². The lowest BCUT2D eigenvalue weighted by Gasteiger charge is -2.07. The van der Waals surface area contributed by atoms with Crippen LogP contribution in [0.1, 0.15) is 19.0 Å². The average molecular weight is 323 g/mol. The van der Waals surface area contributed by atoms with Gasteiger partial charge in [0.05, 0.1) is 5.75 Å². The number of aromatic nitrogens is 1. The Kier molecular flexibility index (Phi) is 4.77. The van der Waals surface area contributed by atoms with Crippen LogP contribution in [0.4, 0.5) is 5.69 Å². The van der Waals surface area contributed by atoms with Gasteiger partial charge >= 0.3 is 0 Å². The second-order valence-electron chi connectivity index (χ2n) is 5.22. The maximum Gasteiger partial charge on any atom is 0.265 e. The number of aryl methyl sites for hydroxylation is 2. The van der Waals surface area contributed by atoms with Crippen molar-refractivity contribution in [1.82, 2.24) is 0 Å². The highest BCUT2D eigenvalue weighted by atomic mass is 32.2. The van der Waals surface area contributed by atoms with Crippen LogP contribution in [0, 0.1) is 6.92 Å². The quantitative estimate of drug-likeness (QED) is 0.647. The lowest BCUT2D eigenvalue weighted by molar-refractivity contribution is -0.677. The highest BCUT2D eigenvalue weighted by molar-refractivity contribution is 7.85. The minimum absolute atomic E-state index is 0.132. The number of nitrogens with zero attached hydrogens (tertiary/aromatic N) is 1. The van der Waals surface area contributed by atoms with Gasteiger partial charge in [0.25, 0.3) is 10.1 Å². The zero-order valence-electron chi connectivity index (χ0n) is 12.5. The summed E-state index contributed by atoms with van der Waals surface area (Å²) in [6.45, 7) is 3.88. The Bertz CT molecular complexity index is 816. The van der Waals surface area contributed by atoms with Crippen LogP contribution < -0.4 is 9.88 Å². The second-order valence-corrected chi connectivity index (χ2v) is 6.79. The van der Waals surface area contributed by atoms with Crippen LogP contribution in [-0.4, -0.2) is 24.6 Å². The van der Waals surface area contributed by atoms with Gasteiger partial charge < -0.3 is 5.32 Å². The van der Waals surface area contributed by atoms with E-state index in [0.29, 0.717) is 18.7 Å². The number of hydrogen-bond acceptors (Lipinski definition) is 3. The molecule has 118 valence electrons. The summed E-state index contributed by atoms with van der Waals surface area (Å²) in [5.74, 6) is -0.396. The van der Waals surface area contributed by atoms with Crippen LogP contribution >= 0.6 is 0 Å². The van der Waals surface area contributed by atoms with Crippen molar-refractivity contribution in [3.8, 4) is 0 Å². The average Bonchev–Trinajstić information content (AvgIpc) is 2.39. The molecule has 0 fully saturated rings. The van der Waals surface area contributed by atoms with Crippen molar-refractivity contribution in [3.05, 3.63) is 36.0 Å². The van der Waals surface area contributed by atoms with Crippen molar-refractivity contribution < 1.29 is 22.3 Å². The molecule has 1 heterocycles. The van der Waals surface area contributed by atoms with Gasteiger partial charge in [0.15, 0.2) is 5.69 Å². The molecule has 6 nitrogen and oxygen atoms in total. The molecule has 2 rings (SSSR count). The van der Waals surface area contributed by atoms with Gasteiger partial charge in [0, 0.05) is 43.5 Å². The number of fused-ring (bicyclic) bond motifs is 1. The van der Waals surface area contributed by atoms with Gasteiger partial charge in [-0.3, -0.25) is 9.35 Å². The van der Waals surface area contributed by atoms with Gasteiger partial charge in [0.2, 0.25) is 11.4 Å². The molecule has 0 atom stereocenters. The standard InChI is InChI=1S/C15H18N2O4S/c1-11-4-5-13-10-14(16-12(2)18)6-7-15(13)17(11)8-3-9-22(19,20)21/h4-7,10H,3,8-9H2,1-2H3,(H-,16,18,19,20,21)/p+1. The van der Waals surface area contributed by atoms with Gasteiger partial charge in [-0.1, -0.05) is 0 Å². The van der Waals surface area contributed by atoms with E-state index in [-0.39, 0.29) is 11.7 Å². The predicted octanol–water partition coefficient (Wildman–Crippen LogP) is 1.67. The first-order valence-electron chi connectivity index (χ1n) is 6.92. The Morgan fingerprint density at radius 3 is 2.64 bits per heavy atom. The van der Waals surface area contributed by atoms with Crippen molar-refractivity contribution >= 4 is 32.6 Å². The topological polar surface area (TPSA) is 87.4 Å². The molecule has 0 saturated carbocycles. The molecule has 0 aliphatic rings. The Hall–Kier alpha value is -1.99. The molecule has 0 saturated heterocycles.